The van der Waals surface area contributed by atoms with Gasteiger partial charge in [0, 0.05) is 19.3 Å². The average molecular weight is 332 g/mol. The molecule has 3 aromatic rings. The molecule has 10 heteroatoms. The maximum atomic E-state index is 12.3. The summed E-state index contributed by atoms with van der Waals surface area (Å²) in [6.45, 7) is 1.87. The van der Waals surface area contributed by atoms with Gasteiger partial charge in [-0.2, -0.15) is 0 Å². The van der Waals surface area contributed by atoms with Crippen LogP contribution < -0.4 is 16.6 Å². The number of H-pyrrole nitrogens is 1. The van der Waals surface area contributed by atoms with E-state index in [0.717, 1.165) is 16.1 Å². The topological polar surface area (TPSA) is 123 Å². The van der Waals surface area contributed by atoms with E-state index in [-0.39, 0.29) is 24.6 Å². The van der Waals surface area contributed by atoms with Crippen molar-refractivity contribution in [3.8, 4) is 0 Å². The molecule has 3 heterocycles. The number of carbonyl (C=O) groups excluding carboxylic acids is 1. The van der Waals surface area contributed by atoms with Crippen molar-refractivity contribution in [3.05, 3.63) is 49.7 Å². The van der Waals surface area contributed by atoms with E-state index >= 15 is 0 Å². The highest BCUT2D eigenvalue weighted by molar-refractivity contribution is 7.07. The summed E-state index contributed by atoms with van der Waals surface area (Å²) < 4.78 is 4.71. The second-order valence-electron chi connectivity index (χ2n) is 4.73. The monoisotopic (exact) mass is 332 g/mol. The molecule has 23 heavy (non-hydrogen) atoms. The number of amides is 1. The lowest BCUT2D eigenvalue weighted by molar-refractivity contribution is 0.0955. The molecule has 2 N–H and O–H groups in total. The van der Waals surface area contributed by atoms with E-state index in [4.69, 9.17) is 0 Å². The first kappa shape index (κ1) is 15.0. The number of carbonyl (C=O) groups is 1. The van der Waals surface area contributed by atoms with Gasteiger partial charge in [-0.25, -0.2) is 9.78 Å². The molecule has 9 nitrogen and oxygen atoms in total. The Labute approximate surface area is 133 Å². The van der Waals surface area contributed by atoms with Crippen LogP contribution in [0, 0.1) is 6.92 Å². The normalized spacial score (nSPS) is 10.8. The molecule has 0 aliphatic carbocycles. The van der Waals surface area contributed by atoms with Crippen molar-refractivity contribution in [2.75, 3.05) is 6.54 Å². The minimum atomic E-state index is -0.564. The Morgan fingerprint density at radius 2 is 2.26 bits per heavy atom. The lowest BCUT2D eigenvalue weighted by Gasteiger charge is -2.07. The summed E-state index contributed by atoms with van der Waals surface area (Å²) in [5.74, 6) is -0.329. The first-order chi connectivity index (χ1) is 11.1. The third-order valence-electron chi connectivity index (χ3n) is 3.23. The Bertz CT molecular complexity index is 989. The van der Waals surface area contributed by atoms with E-state index in [9.17, 15) is 14.4 Å². The molecular formula is C13H12N6O3S. The molecule has 3 rings (SSSR count). The molecule has 0 saturated carbocycles. The van der Waals surface area contributed by atoms with Gasteiger partial charge in [-0.05, 0) is 30.6 Å². The van der Waals surface area contributed by atoms with Gasteiger partial charge in [0.05, 0.1) is 11.1 Å². The van der Waals surface area contributed by atoms with E-state index in [2.05, 4.69) is 24.9 Å². The number of hydrogen-bond donors (Lipinski definition) is 2. The van der Waals surface area contributed by atoms with Crippen LogP contribution in [0.4, 0.5) is 0 Å². The van der Waals surface area contributed by atoms with E-state index in [1.54, 1.807) is 19.1 Å². The fraction of sp³-hybridized carbons (Fsp3) is 0.231. The van der Waals surface area contributed by atoms with Gasteiger partial charge in [-0.15, -0.1) is 5.10 Å². The van der Waals surface area contributed by atoms with Gasteiger partial charge in [-0.3, -0.25) is 19.1 Å². The van der Waals surface area contributed by atoms with Gasteiger partial charge in [0.25, 0.3) is 11.5 Å². The summed E-state index contributed by atoms with van der Waals surface area (Å²) in [7, 11) is 0. The predicted octanol–water partition coefficient (Wildman–Crippen LogP) is -0.325. The highest BCUT2D eigenvalue weighted by Gasteiger charge is 2.13. The number of pyridine rings is 1. The van der Waals surface area contributed by atoms with Crippen molar-refractivity contribution in [1.29, 1.82) is 0 Å². The molecule has 0 atom stereocenters. The zero-order chi connectivity index (χ0) is 16.4. The van der Waals surface area contributed by atoms with Crippen LogP contribution in [0.5, 0.6) is 0 Å². The molecule has 0 radical (unpaired) electrons. The van der Waals surface area contributed by atoms with E-state index in [1.807, 2.05) is 0 Å². The smallest absolute Gasteiger partial charge is 0.330 e. The standard InChI is InChI=1S/C13H12N6O3S/c1-7-9(23-18-17-7)11(20)15-5-6-19-12(21)8-3-2-4-14-10(8)16-13(19)22/h2-4H,5-6H2,1H3,(H,15,20)(H,14,16,22). The first-order valence-corrected chi connectivity index (χ1v) is 7.50. The summed E-state index contributed by atoms with van der Waals surface area (Å²) >= 11 is 0.994. The van der Waals surface area contributed by atoms with Gasteiger partial charge < -0.3 is 5.32 Å². The van der Waals surface area contributed by atoms with Crippen LogP contribution in [0.15, 0.2) is 27.9 Å². The molecule has 118 valence electrons. The molecule has 3 aromatic heterocycles. The van der Waals surface area contributed by atoms with E-state index in [0.29, 0.717) is 16.0 Å². The quantitative estimate of drug-likeness (QED) is 0.675. The molecule has 0 saturated heterocycles. The van der Waals surface area contributed by atoms with Gasteiger partial charge in [-0.1, -0.05) is 4.49 Å². The fourth-order valence-electron chi connectivity index (χ4n) is 2.09. The summed E-state index contributed by atoms with van der Waals surface area (Å²) in [5, 5.41) is 6.72. The highest BCUT2D eigenvalue weighted by atomic mass is 32.1. The van der Waals surface area contributed by atoms with Crippen LogP contribution in [-0.4, -0.2) is 36.6 Å². The van der Waals surface area contributed by atoms with Crippen molar-refractivity contribution in [3.63, 3.8) is 0 Å². The van der Waals surface area contributed by atoms with Gasteiger partial charge in [0.15, 0.2) is 0 Å². The van der Waals surface area contributed by atoms with Crippen LogP contribution in [0.1, 0.15) is 15.4 Å². The highest BCUT2D eigenvalue weighted by Crippen LogP contribution is 2.08. The molecule has 0 aliphatic heterocycles. The lowest BCUT2D eigenvalue weighted by atomic mass is 10.3. The zero-order valence-corrected chi connectivity index (χ0v) is 12.9. The number of fused-ring (bicyclic) bond motifs is 1. The summed E-state index contributed by atoms with van der Waals surface area (Å²) in [4.78, 5) is 43.1. The Morgan fingerprint density at radius 1 is 1.43 bits per heavy atom. The maximum Gasteiger partial charge on any atom is 0.330 e. The lowest BCUT2D eigenvalue weighted by Crippen LogP contribution is -2.39. The van der Waals surface area contributed by atoms with Crippen molar-refractivity contribution in [2.45, 2.75) is 13.5 Å². The van der Waals surface area contributed by atoms with E-state index < -0.39 is 11.2 Å². The minimum Gasteiger partial charge on any atom is -0.349 e. The SMILES string of the molecule is Cc1nnsc1C(=O)NCCn1c(=O)[nH]c2ncccc2c1=O. The molecule has 0 spiro atoms. The van der Waals surface area contributed by atoms with E-state index in [1.165, 1.54) is 6.20 Å². The van der Waals surface area contributed by atoms with Crippen LogP contribution in [0.2, 0.25) is 0 Å². The number of nitrogens with one attached hydrogen (secondary N) is 2. The Hall–Kier alpha value is -2.88. The fourth-order valence-corrected chi connectivity index (χ4v) is 2.66. The van der Waals surface area contributed by atoms with Crippen LogP contribution in [-0.2, 0) is 6.54 Å². The number of rotatable bonds is 4. The Balaban J connectivity index is 1.78. The first-order valence-electron chi connectivity index (χ1n) is 6.73. The number of nitrogens with zero attached hydrogens (tertiary/aromatic N) is 4. The molecule has 0 aliphatic rings. The molecule has 0 unspecified atom stereocenters. The van der Waals surface area contributed by atoms with Crippen molar-refractivity contribution in [2.24, 2.45) is 0 Å². The molecule has 0 fully saturated rings. The van der Waals surface area contributed by atoms with Crippen LogP contribution in [0.25, 0.3) is 11.0 Å². The number of aromatic nitrogens is 5. The van der Waals surface area contributed by atoms with Gasteiger partial charge >= 0.3 is 5.69 Å². The molecular weight excluding hydrogens is 320 g/mol. The Kier molecular flexibility index (Phi) is 3.98. The van der Waals surface area contributed by atoms with Crippen molar-refractivity contribution < 1.29 is 4.79 Å². The van der Waals surface area contributed by atoms with Crippen LogP contribution in [0.3, 0.4) is 0 Å². The third-order valence-corrected chi connectivity index (χ3v) is 4.06. The second-order valence-corrected chi connectivity index (χ2v) is 5.48. The predicted molar refractivity (Wildman–Crippen MR) is 83.6 cm³/mol. The summed E-state index contributed by atoms with van der Waals surface area (Å²) in [6.07, 6.45) is 1.49. The van der Waals surface area contributed by atoms with Gasteiger partial charge in [0.2, 0.25) is 0 Å². The summed E-state index contributed by atoms with van der Waals surface area (Å²) in [6, 6.07) is 3.20. The maximum absolute atomic E-state index is 12.3. The number of aromatic amines is 1. The second kappa shape index (κ2) is 6.08. The largest absolute Gasteiger partial charge is 0.349 e. The number of hydrogen-bond acceptors (Lipinski definition) is 7. The third kappa shape index (κ3) is 2.88. The average Bonchev–Trinajstić information content (AvgIpc) is 2.96. The van der Waals surface area contributed by atoms with Crippen LogP contribution >= 0.6 is 11.5 Å². The molecule has 1 amide bonds. The van der Waals surface area contributed by atoms with Crippen molar-refractivity contribution in [1.82, 2.24) is 29.4 Å². The molecule has 0 bridgehead atoms. The number of aryl methyl sites for hydroxylation is 1. The summed E-state index contributed by atoms with van der Waals surface area (Å²) in [5.41, 5.74) is -0.221. The zero-order valence-electron chi connectivity index (χ0n) is 12.1. The van der Waals surface area contributed by atoms with Gasteiger partial charge in [0.1, 0.15) is 10.5 Å². The molecule has 0 aromatic carbocycles. The Morgan fingerprint density at radius 3 is 3.00 bits per heavy atom. The minimum absolute atomic E-state index is 0.0516. The van der Waals surface area contributed by atoms with Crippen molar-refractivity contribution >= 4 is 28.5 Å².